The molecule has 1 fully saturated rings. The Balaban J connectivity index is 1.80. The van der Waals surface area contributed by atoms with Crippen LogP contribution in [0.1, 0.15) is 40.5 Å². The van der Waals surface area contributed by atoms with Gasteiger partial charge in [-0.05, 0) is 43.4 Å². The van der Waals surface area contributed by atoms with Gasteiger partial charge in [0.1, 0.15) is 5.69 Å². The van der Waals surface area contributed by atoms with Crippen LogP contribution in [0.3, 0.4) is 0 Å². The van der Waals surface area contributed by atoms with Crippen molar-refractivity contribution < 1.29 is 4.79 Å². The molecule has 1 N–H and O–H groups in total. The molecule has 1 aliphatic rings. The van der Waals surface area contributed by atoms with Gasteiger partial charge < -0.3 is 9.88 Å². The molecule has 20 heavy (non-hydrogen) atoms. The fourth-order valence-corrected chi connectivity index (χ4v) is 2.59. The number of hydrogen-bond acceptors (Lipinski definition) is 1. The van der Waals surface area contributed by atoms with Crippen LogP contribution in [0, 0.1) is 12.8 Å². The van der Waals surface area contributed by atoms with Crippen molar-refractivity contribution in [1.29, 1.82) is 0 Å². The first-order valence-electron chi connectivity index (χ1n) is 7.14. The molecule has 3 heteroatoms. The fraction of sp³-hybridized carbons (Fsp3) is 0.353. The van der Waals surface area contributed by atoms with Gasteiger partial charge in [-0.3, -0.25) is 4.79 Å². The maximum atomic E-state index is 12.4. The van der Waals surface area contributed by atoms with Crippen molar-refractivity contribution in [2.24, 2.45) is 13.0 Å². The molecular weight excluding hydrogens is 248 g/mol. The Kier molecular flexibility index (Phi) is 3.35. The number of benzene rings is 1. The number of aromatic nitrogens is 1. The van der Waals surface area contributed by atoms with Gasteiger partial charge >= 0.3 is 0 Å². The molecule has 0 spiro atoms. The van der Waals surface area contributed by atoms with Crippen LogP contribution in [0.25, 0.3) is 0 Å². The highest BCUT2D eigenvalue weighted by Crippen LogP contribution is 2.41. The van der Waals surface area contributed by atoms with E-state index in [1.807, 2.05) is 29.9 Å². The summed E-state index contributed by atoms with van der Waals surface area (Å²) >= 11 is 0. The SMILES string of the molecule is Cc1ccc(C(NC(=O)c2cccn2C)C2CC2)cc1. The van der Waals surface area contributed by atoms with E-state index < -0.39 is 0 Å². The molecule has 1 saturated carbocycles. The van der Waals surface area contributed by atoms with Gasteiger partial charge in [0.15, 0.2) is 0 Å². The van der Waals surface area contributed by atoms with Crippen molar-refractivity contribution in [2.75, 3.05) is 0 Å². The van der Waals surface area contributed by atoms with E-state index in [2.05, 4.69) is 36.5 Å². The number of rotatable bonds is 4. The van der Waals surface area contributed by atoms with E-state index in [0.29, 0.717) is 11.6 Å². The first-order chi connectivity index (χ1) is 9.65. The van der Waals surface area contributed by atoms with Gasteiger partial charge in [0.25, 0.3) is 5.91 Å². The van der Waals surface area contributed by atoms with Crippen LogP contribution in [-0.4, -0.2) is 10.5 Å². The topological polar surface area (TPSA) is 34.0 Å². The average Bonchev–Trinajstić information content (AvgIpc) is 3.18. The lowest BCUT2D eigenvalue weighted by Gasteiger charge is -2.19. The predicted molar refractivity (Wildman–Crippen MR) is 79.5 cm³/mol. The van der Waals surface area contributed by atoms with Gasteiger partial charge in [-0.1, -0.05) is 29.8 Å². The van der Waals surface area contributed by atoms with Gasteiger partial charge in [-0.2, -0.15) is 0 Å². The molecule has 3 rings (SSSR count). The molecule has 0 aliphatic heterocycles. The largest absolute Gasteiger partial charge is 0.347 e. The summed E-state index contributed by atoms with van der Waals surface area (Å²) in [7, 11) is 1.90. The minimum Gasteiger partial charge on any atom is -0.347 e. The molecule has 0 saturated heterocycles. The third-order valence-electron chi connectivity index (χ3n) is 3.99. The molecule has 1 unspecified atom stereocenters. The second-order valence-corrected chi connectivity index (χ2v) is 5.70. The van der Waals surface area contributed by atoms with E-state index in [1.54, 1.807) is 0 Å². The smallest absolute Gasteiger partial charge is 0.268 e. The Hall–Kier alpha value is -2.03. The van der Waals surface area contributed by atoms with Crippen LogP contribution in [0.15, 0.2) is 42.6 Å². The average molecular weight is 268 g/mol. The maximum Gasteiger partial charge on any atom is 0.268 e. The highest BCUT2D eigenvalue weighted by molar-refractivity contribution is 5.93. The molecule has 2 aromatic rings. The summed E-state index contributed by atoms with van der Waals surface area (Å²) < 4.78 is 1.86. The number of nitrogens with zero attached hydrogens (tertiary/aromatic N) is 1. The Morgan fingerprint density at radius 1 is 1.25 bits per heavy atom. The van der Waals surface area contributed by atoms with Gasteiger partial charge in [-0.25, -0.2) is 0 Å². The predicted octanol–water partition coefficient (Wildman–Crippen LogP) is 3.21. The van der Waals surface area contributed by atoms with Crippen LogP contribution in [-0.2, 0) is 7.05 Å². The number of carbonyl (C=O) groups excluding carboxylic acids is 1. The fourth-order valence-electron chi connectivity index (χ4n) is 2.59. The first-order valence-corrected chi connectivity index (χ1v) is 7.14. The molecule has 1 heterocycles. The van der Waals surface area contributed by atoms with E-state index in [9.17, 15) is 4.79 Å². The molecule has 1 aromatic heterocycles. The summed E-state index contributed by atoms with van der Waals surface area (Å²) in [5.74, 6) is 0.594. The normalized spacial score (nSPS) is 15.9. The quantitative estimate of drug-likeness (QED) is 0.907. The molecule has 0 bridgehead atoms. The molecule has 1 amide bonds. The number of aryl methyl sites for hydroxylation is 2. The maximum absolute atomic E-state index is 12.4. The third kappa shape index (κ3) is 2.62. The molecule has 1 atom stereocenters. The zero-order valence-electron chi connectivity index (χ0n) is 12.0. The minimum atomic E-state index is 0.00924. The van der Waals surface area contributed by atoms with Crippen molar-refractivity contribution >= 4 is 5.91 Å². The second kappa shape index (κ2) is 5.16. The molecule has 0 radical (unpaired) electrons. The highest BCUT2D eigenvalue weighted by Gasteiger charge is 2.33. The van der Waals surface area contributed by atoms with E-state index in [4.69, 9.17) is 0 Å². The van der Waals surface area contributed by atoms with E-state index in [-0.39, 0.29) is 11.9 Å². The van der Waals surface area contributed by atoms with Gasteiger partial charge in [0, 0.05) is 13.2 Å². The summed E-state index contributed by atoms with van der Waals surface area (Å²) in [5, 5.41) is 3.20. The van der Waals surface area contributed by atoms with Crippen LogP contribution in [0.2, 0.25) is 0 Å². The number of nitrogens with one attached hydrogen (secondary N) is 1. The zero-order valence-corrected chi connectivity index (χ0v) is 12.0. The summed E-state index contributed by atoms with van der Waals surface area (Å²) in [6.07, 6.45) is 4.30. The van der Waals surface area contributed by atoms with E-state index in [0.717, 1.165) is 0 Å². The molecule has 3 nitrogen and oxygen atoms in total. The molecule has 1 aliphatic carbocycles. The van der Waals surface area contributed by atoms with Crippen LogP contribution in [0.4, 0.5) is 0 Å². The summed E-state index contributed by atoms with van der Waals surface area (Å²) in [6, 6.07) is 12.4. The second-order valence-electron chi connectivity index (χ2n) is 5.70. The van der Waals surface area contributed by atoms with E-state index >= 15 is 0 Å². The lowest BCUT2D eigenvalue weighted by Crippen LogP contribution is -2.31. The highest BCUT2D eigenvalue weighted by atomic mass is 16.2. The lowest BCUT2D eigenvalue weighted by atomic mass is 10.0. The number of carbonyl (C=O) groups is 1. The van der Waals surface area contributed by atoms with Crippen molar-refractivity contribution in [3.63, 3.8) is 0 Å². The Morgan fingerprint density at radius 3 is 2.50 bits per heavy atom. The molecule has 1 aromatic carbocycles. The third-order valence-corrected chi connectivity index (χ3v) is 3.99. The van der Waals surface area contributed by atoms with Gasteiger partial charge in [0.05, 0.1) is 6.04 Å². The Bertz CT molecular complexity index is 608. The number of hydrogen-bond donors (Lipinski definition) is 1. The number of amides is 1. The lowest BCUT2D eigenvalue weighted by molar-refractivity contribution is 0.0923. The first kappa shape index (κ1) is 13.0. The molecule has 104 valence electrons. The van der Waals surface area contributed by atoms with Crippen molar-refractivity contribution in [3.05, 3.63) is 59.4 Å². The summed E-state index contributed by atoms with van der Waals surface area (Å²) in [4.78, 5) is 12.4. The van der Waals surface area contributed by atoms with E-state index in [1.165, 1.54) is 24.0 Å². The summed E-state index contributed by atoms with van der Waals surface area (Å²) in [6.45, 7) is 2.08. The van der Waals surface area contributed by atoms with Crippen LogP contribution >= 0.6 is 0 Å². The monoisotopic (exact) mass is 268 g/mol. The Labute approximate surface area is 119 Å². The van der Waals surface area contributed by atoms with Crippen molar-refractivity contribution in [3.8, 4) is 0 Å². The standard InChI is InChI=1S/C17H20N2O/c1-12-5-7-13(8-6-12)16(14-9-10-14)18-17(20)15-4-3-11-19(15)2/h3-8,11,14,16H,9-10H2,1-2H3,(H,18,20). The summed E-state index contributed by atoms with van der Waals surface area (Å²) in [5.41, 5.74) is 3.17. The zero-order chi connectivity index (χ0) is 14.1. The van der Waals surface area contributed by atoms with Crippen LogP contribution < -0.4 is 5.32 Å². The van der Waals surface area contributed by atoms with Crippen molar-refractivity contribution in [1.82, 2.24) is 9.88 Å². The van der Waals surface area contributed by atoms with Gasteiger partial charge in [0.2, 0.25) is 0 Å². The minimum absolute atomic E-state index is 0.00924. The van der Waals surface area contributed by atoms with Crippen LogP contribution in [0.5, 0.6) is 0 Å². The van der Waals surface area contributed by atoms with Gasteiger partial charge in [-0.15, -0.1) is 0 Å². The van der Waals surface area contributed by atoms with Crippen molar-refractivity contribution in [2.45, 2.75) is 25.8 Å². The molecular formula is C17H20N2O. The Morgan fingerprint density at radius 2 is 1.95 bits per heavy atom.